The molecule has 0 aliphatic carbocycles. The van der Waals surface area contributed by atoms with E-state index in [2.05, 4.69) is 48.8 Å². The van der Waals surface area contributed by atoms with E-state index in [1.165, 1.54) is 0 Å². The minimum absolute atomic E-state index is 0.126. The van der Waals surface area contributed by atoms with Gasteiger partial charge in [-0.2, -0.15) is 0 Å². The molecule has 2 rings (SSSR count). The van der Waals surface area contributed by atoms with Crippen LogP contribution in [-0.4, -0.2) is 10.9 Å². The Labute approximate surface area is 121 Å². The average molecular weight is 403 g/mol. The summed E-state index contributed by atoms with van der Waals surface area (Å²) in [5.74, 6) is -0.126. The molecule has 1 heterocycles. The third-order valence-corrected chi connectivity index (χ3v) is 3.51. The number of halogens is 2. The molecule has 86 valence electrons. The Morgan fingerprint density at radius 1 is 1.24 bits per heavy atom. The van der Waals surface area contributed by atoms with E-state index in [9.17, 15) is 4.79 Å². The SMILES string of the molecule is O=C(Nc1ccc(Br)nc1)c1ccccc1I. The van der Waals surface area contributed by atoms with E-state index in [1.807, 2.05) is 18.2 Å². The van der Waals surface area contributed by atoms with Gasteiger partial charge in [0.15, 0.2) is 0 Å². The first-order valence-electron chi connectivity index (χ1n) is 4.84. The zero-order chi connectivity index (χ0) is 12.3. The number of carbonyl (C=O) groups excluding carboxylic acids is 1. The van der Waals surface area contributed by atoms with Crippen LogP contribution in [0, 0.1) is 3.57 Å². The highest BCUT2D eigenvalue weighted by molar-refractivity contribution is 14.1. The molecule has 5 heteroatoms. The highest BCUT2D eigenvalue weighted by Crippen LogP contribution is 2.15. The Morgan fingerprint density at radius 2 is 2.00 bits per heavy atom. The lowest BCUT2D eigenvalue weighted by molar-refractivity contribution is 0.102. The van der Waals surface area contributed by atoms with E-state index >= 15 is 0 Å². The van der Waals surface area contributed by atoms with Crippen molar-refractivity contribution in [3.05, 3.63) is 56.3 Å². The van der Waals surface area contributed by atoms with Gasteiger partial charge in [-0.1, -0.05) is 12.1 Å². The fourth-order valence-electron chi connectivity index (χ4n) is 1.29. The number of amides is 1. The molecular weight excluding hydrogens is 395 g/mol. The van der Waals surface area contributed by atoms with Crippen LogP contribution in [0.5, 0.6) is 0 Å². The molecule has 1 aromatic heterocycles. The normalized spacial score (nSPS) is 10.0. The highest BCUT2D eigenvalue weighted by Gasteiger charge is 2.09. The van der Waals surface area contributed by atoms with Crippen molar-refractivity contribution in [2.45, 2.75) is 0 Å². The first-order valence-corrected chi connectivity index (χ1v) is 6.71. The van der Waals surface area contributed by atoms with Crippen LogP contribution in [0.15, 0.2) is 47.2 Å². The van der Waals surface area contributed by atoms with Gasteiger partial charge in [-0.15, -0.1) is 0 Å². The van der Waals surface area contributed by atoms with E-state index in [0.29, 0.717) is 11.3 Å². The van der Waals surface area contributed by atoms with Gasteiger partial charge in [0.25, 0.3) is 5.91 Å². The lowest BCUT2D eigenvalue weighted by Gasteiger charge is -2.06. The zero-order valence-electron chi connectivity index (χ0n) is 8.65. The molecule has 17 heavy (non-hydrogen) atoms. The number of aromatic nitrogens is 1. The molecule has 1 aromatic carbocycles. The van der Waals surface area contributed by atoms with Gasteiger partial charge in [-0.3, -0.25) is 4.79 Å². The number of hydrogen-bond donors (Lipinski definition) is 1. The summed E-state index contributed by atoms with van der Waals surface area (Å²) in [6, 6.07) is 11.0. The van der Waals surface area contributed by atoms with Gasteiger partial charge in [0, 0.05) is 3.57 Å². The molecule has 0 spiro atoms. The number of anilines is 1. The maximum Gasteiger partial charge on any atom is 0.256 e. The maximum absolute atomic E-state index is 12.0. The number of nitrogens with zero attached hydrogens (tertiary/aromatic N) is 1. The smallest absolute Gasteiger partial charge is 0.256 e. The maximum atomic E-state index is 12.0. The Bertz CT molecular complexity index is 542. The summed E-state index contributed by atoms with van der Waals surface area (Å²) in [6.07, 6.45) is 1.61. The number of carbonyl (C=O) groups is 1. The summed E-state index contributed by atoms with van der Waals surface area (Å²) in [6.45, 7) is 0. The summed E-state index contributed by atoms with van der Waals surface area (Å²) >= 11 is 5.38. The number of pyridine rings is 1. The monoisotopic (exact) mass is 402 g/mol. The van der Waals surface area contributed by atoms with Gasteiger partial charge < -0.3 is 5.32 Å². The van der Waals surface area contributed by atoms with Crippen molar-refractivity contribution < 1.29 is 4.79 Å². The number of hydrogen-bond acceptors (Lipinski definition) is 2. The number of nitrogens with one attached hydrogen (secondary N) is 1. The van der Waals surface area contributed by atoms with Crippen LogP contribution in [0.1, 0.15) is 10.4 Å². The van der Waals surface area contributed by atoms with Crippen molar-refractivity contribution in [1.82, 2.24) is 4.98 Å². The molecule has 1 N–H and O–H groups in total. The molecule has 0 aliphatic rings. The standard InChI is InChI=1S/C12H8BrIN2O/c13-11-6-5-8(7-15-11)16-12(17)9-3-1-2-4-10(9)14/h1-7H,(H,16,17). The van der Waals surface area contributed by atoms with Crippen LogP contribution in [0.4, 0.5) is 5.69 Å². The number of benzene rings is 1. The molecule has 0 atom stereocenters. The van der Waals surface area contributed by atoms with Gasteiger partial charge in [-0.25, -0.2) is 4.98 Å². The van der Waals surface area contributed by atoms with E-state index in [1.54, 1.807) is 24.4 Å². The fraction of sp³-hybridized carbons (Fsp3) is 0. The summed E-state index contributed by atoms with van der Waals surface area (Å²) < 4.78 is 1.66. The molecule has 0 saturated carbocycles. The Morgan fingerprint density at radius 3 is 2.65 bits per heavy atom. The molecule has 0 aliphatic heterocycles. The van der Waals surface area contributed by atoms with Crippen molar-refractivity contribution >= 4 is 50.1 Å². The predicted octanol–water partition coefficient (Wildman–Crippen LogP) is 3.70. The quantitative estimate of drug-likeness (QED) is 0.614. The fourth-order valence-corrected chi connectivity index (χ4v) is 2.16. The van der Waals surface area contributed by atoms with Gasteiger partial charge >= 0.3 is 0 Å². The second-order valence-electron chi connectivity index (χ2n) is 3.30. The largest absolute Gasteiger partial charge is 0.321 e. The van der Waals surface area contributed by atoms with E-state index < -0.39 is 0 Å². The average Bonchev–Trinajstić information content (AvgIpc) is 2.32. The van der Waals surface area contributed by atoms with E-state index in [-0.39, 0.29) is 5.91 Å². The van der Waals surface area contributed by atoms with E-state index in [0.717, 1.165) is 8.17 Å². The van der Waals surface area contributed by atoms with Crippen LogP contribution in [0.3, 0.4) is 0 Å². The number of rotatable bonds is 2. The van der Waals surface area contributed by atoms with Crippen LogP contribution < -0.4 is 5.32 Å². The summed E-state index contributed by atoms with van der Waals surface area (Å²) in [7, 11) is 0. The molecule has 0 unspecified atom stereocenters. The molecule has 3 nitrogen and oxygen atoms in total. The topological polar surface area (TPSA) is 42.0 Å². The Kier molecular flexibility index (Phi) is 4.11. The summed E-state index contributed by atoms with van der Waals surface area (Å²) in [5, 5.41) is 2.80. The van der Waals surface area contributed by atoms with E-state index in [4.69, 9.17) is 0 Å². The molecule has 0 radical (unpaired) electrons. The van der Waals surface area contributed by atoms with Crippen molar-refractivity contribution in [1.29, 1.82) is 0 Å². The third-order valence-electron chi connectivity index (χ3n) is 2.10. The van der Waals surface area contributed by atoms with Gasteiger partial charge in [0.05, 0.1) is 17.4 Å². The highest BCUT2D eigenvalue weighted by atomic mass is 127. The van der Waals surface area contributed by atoms with Gasteiger partial charge in [0.2, 0.25) is 0 Å². The Balaban J connectivity index is 2.17. The third kappa shape index (κ3) is 3.26. The zero-order valence-corrected chi connectivity index (χ0v) is 12.4. The van der Waals surface area contributed by atoms with Crippen molar-refractivity contribution in [2.75, 3.05) is 5.32 Å². The lowest BCUT2D eigenvalue weighted by Crippen LogP contribution is -2.13. The second-order valence-corrected chi connectivity index (χ2v) is 5.28. The van der Waals surface area contributed by atoms with Crippen molar-refractivity contribution in [2.24, 2.45) is 0 Å². The first-order chi connectivity index (χ1) is 8.16. The summed E-state index contributed by atoms with van der Waals surface area (Å²) in [4.78, 5) is 16.0. The minimum Gasteiger partial charge on any atom is -0.321 e. The molecule has 0 bridgehead atoms. The molecule has 0 fully saturated rings. The lowest BCUT2D eigenvalue weighted by atomic mass is 10.2. The molecule has 1 amide bonds. The van der Waals surface area contributed by atoms with Crippen LogP contribution in [-0.2, 0) is 0 Å². The van der Waals surface area contributed by atoms with Gasteiger partial charge in [-0.05, 0) is 62.8 Å². The van der Waals surface area contributed by atoms with Crippen molar-refractivity contribution in [3.8, 4) is 0 Å². The Hall–Kier alpha value is -0.950. The minimum atomic E-state index is -0.126. The summed E-state index contributed by atoms with van der Waals surface area (Å²) in [5.41, 5.74) is 1.34. The van der Waals surface area contributed by atoms with Crippen LogP contribution in [0.2, 0.25) is 0 Å². The van der Waals surface area contributed by atoms with Crippen LogP contribution >= 0.6 is 38.5 Å². The van der Waals surface area contributed by atoms with Crippen LogP contribution in [0.25, 0.3) is 0 Å². The second kappa shape index (κ2) is 5.59. The molecular formula is C12H8BrIN2O. The molecule has 2 aromatic rings. The van der Waals surface area contributed by atoms with Crippen molar-refractivity contribution in [3.63, 3.8) is 0 Å². The van der Waals surface area contributed by atoms with Gasteiger partial charge in [0.1, 0.15) is 4.60 Å². The molecule has 0 saturated heterocycles. The predicted molar refractivity (Wildman–Crippen MR) is 79.0 cm³/mol. The first kappa shape index (κ1) is 12.5.